The number of hydrogen-bond donors (Lipinski definition) is 1. The summed E-state index contributed by atoms with van der Waals surface area (Å²) in [6.45, 7) is 8.16. The molecule has 0 aromatic heterocycles. The van der Waals surface area contributed by atoms with Gasteiger partial charge in [-0.1, -0.05) is 13.3 Å². The van der Waals surface area contributed by atoms with Crippen molar-refractivity contribution in [2.24, 2.45) is 11.8 Å². The quantitative estimate of drug-likeness (QED) is 0.775. The molecule has 2 nitrogen and oxygen atoms in total. The van der Waals surface area contributed by atoms with Gasteiger partial charge in [0.15, 0.2) is 0 Å². The van der Waals surface area contributed by atoms with Gasteiger partial charge >= 0.3 is 0 Å². The zero-order valence-electron chi connectivity index (χ0n) is 11.8. The Balaban J connectivity index is 2.51. The highest BCUT2D eigenvalue weighted by molar-refractivity contribution is 4.85. The smallest absolute Gasteiger partial charge is 0.0105 e. The van der Waals surface area contributed by atoms with Gasteiger partial charge in [0.1, 0.15) is 0 Å². The molecule has 0 saturated heterocycles. The molecular formula is C14H30N2. The molecule has 96 valence electrons. The molecule has 0 spiro atoms. The predicted molar refractivity (Wildman–Crippen MR) is 71.7 cm³/mol. The lowest BCUT2D eigenvalue weighted by molar-refractivity contribution is 0.140. The minimum Gasteiger partial charge on any atom is -0.317 e. The van der Waals surface area contributed by atoms with Crippen LogP contribution in [0.4, 0.5) is 0 Å². The van der Waals surface area contributed by atoms with Gasteiger partial charge in [-0.05, 0) is 59.0 Å². The highest BCUT2D eigenvalue weighted by Gasteiger charge is 2.29. The maximum Gasteiger partial charge on any atom is 0.0105 e. The van der Waals surface area contributed by atoms with E-state index in [1.54, 1.807) is 0 Å². The van der Waals surface area contributed by atoms with E-state index in [0.717, 1.165) is 17.9 Å². The van der Waals surface area contributed by atoms with Crippen molar-refractivity contribution in [1.82, 2.24) is 10.2 Å². The van der Waals surface area contributed by atoms with E-state index in [0.29, 0.717) is 6.04 Å². The molecule has 0 amide bonds. The fourth-order valence-corrected chi connectivity index (χ4v) is 2.89. The second-order valence-electron chi connectivity index (χ2n) is 5.78. The third kappa shape index (κ3) is 3.74. The summed E-state index contributed by atoms with van der Waals surface area (Å²) in [5.41, 5.74) is 0. The molecule has 0 bridgehead atoms. The van der Waals surface area contributed by atoms with Gasteiger partial charge in [-0.2, -0.15) is 0 Å². The van der Waals surface area contributed by atoms with Gasteiger partial charge in [-0.3, -0.25) is 0 Å². The number of hydrogen-bond acceptors (Lipinski definition) is 2. The minimum atomic E-state index is 0.666. The summed E-state index contributed by atoms with van der Waals surface area (Å²) in [6, 6.07) is 1.41. The Morgan fingerprint density at radius 3 is 2.50 bits per heavy atom. The van der Waals surface area contributed by atoms with Gasteiger partial charge in [-0.25, -0.2) is 0 Å². The van der Waals surface area contributed by atoms with Crippen LogP contribution in [0.2, 0.25) is 0 Å². The van der Waals surface area contributed by atoms with Crippen molar-refractivity contribution in [1.29, 1.82) is 0 Å². The van der Waals surface area contributed by atoms with E-state index in [4.69, 9.17) is 0 Å². The predicted octanol–water partition coefficient (Wildman–Crippen LogP) is 2.74. The molecular weight excluding hydrogens is 196 g/mol. The van der Waals surface area contributed by atoms with E-state index >= 15 is 0 Å². The van der Waals surface area contributed by atoms with E-state index in [-0.39, 0.29) is 0 Å². The van der Waals surface area contributed by atoms with Gasteiger partial charge in [0.25, 0.3) is 0 Å². The lowest BCUT2D eigenvalue weighted by Crippen LogP contribution is -2.45. The summed E-state index contributed by atoms with van der Waals surface area (Å²) >= 11 is 0. The number of nitrogens with zero attached hydrogens (tertiary/aromatic N) is 1. The average molecular weight is 226 g/mol. The molecule has 1 saturated carbocycles. The number of rotatable bonds is 5. The zero-order chi connectivity index (χ0) is 12.1. The highest BCUT2D eigenvalue weighted by atomic mass is 15.1. The van der Waals surface area contributed by atoms with Crippen LogP contribution >= 0.6 is 0 Å². The van der Waals surface area contributed by atoms with Gasteiger partial charge in [0.2, 0.25) is 0 Å². The number of nitrogens with one attached hydrogen (secondary N) is 1. The Hall–Kier alpha value is -0.0800. The van der Waals surface area contributed by atoms with Crippen molar-refractivity contribution in [2.45, 2.75) is 58.5 Å². The first-order chi connectivity index (χ1) is 7.58. The summed E-state index contributed by atoms with van der Waals surface area (Å²) in [5.74, 6) is 1.81. The normalized spacial score (nSPS) is 31.3. The molecule has 0 aromatic rings. The molecule has 2 heteroatoms. The van der Waals surface area contributed by atoms with E-state index in [1.165, 1.54) is 32.2 Å². The molecule has 1 rings (SSSR count). The SMILES string of the molecule is CCC1CCC(NC)C(CN(C)C(C)C)C1. The fraction of sp³-hybridized carbons (Fsp3) is 1.00. The molecule has 3 atom stereocenters. The van der Waals surface area contributed by atoms with Crippen molar-refractivity contribution in [2.75, 3.05) is 20.6 Å². The molecule has 16 heavy (non-hydrogen) atoms. The lowest BCUT2D eigenvalue weighted by atomic mass is 9.76. The standard InChI is InChI=1S/C14H30N2/c1-6-12-7-8-14(15-4)13(9-12)10-16(5)11(2)3/h11-15H,6-10H2,1-5H3. The lowest BCUT2D eigenvalue weighted by Gasteiger charge is -2.38. The summed E-state index contributed by atoms with van der Waals surface area (Å²) in [5, 5.41) is 3.52. The van der Waals surface area contributed by atoms with Crippen LogP contribution in [0, 0.1) is 11.8 Å². The van der Waals surface area contributed by atoms with Gasteiger partial charge in [-0.15, -0.1) is 0 Å². The van der Waals surface area contributed by atoms with Gasteiger partial charge in [0.05, 0.1) is 0 Å². The summed E-state index contributed by atoms with van der Waals surface area (Å²) < 4.78 is 0. The van der Waals surface area contributed by atoms with Crippen LogP contribution in [0.3, 0.4) is 0 Å². The highest BCUT2D eigenvalue weighted by Crippen LogP contribution is 2.31. The van der Waals surface area contributed by atoms with Crippen LogP contribution in [0.25, 0.3) is 0 Å². The molecule has 0 aliphatic heterocycles. The first-order valence-electron chi connectivity index (χ1n) is 6.95. The Labute approximate surface area is 102 Å². The van der Waals surface area contributed by atoms with E-state index in [1.807, 2.05) is 0 Å². The third-order valence-corrected chi connectivity index (χ3v) is 4.44. The first kappa shape index (κ1) is 14.0. The van der Waals surface area contributed by atoms with E-state index in [9.17, 15) is 0 Å². The molecule has 0 radical (unpaired) electrons. The molecule has 1 aliphatic rings. The largest absolute Gasteiger partial charge is 0.317 e. The van der Waals surface area contributed by atoms with Crippen molar-refractivity contribution in [3.8, 4) is 0 Å². The van der Waals surface area contributed by atoms with Crippen molar-refractivity contribution >= 4 is 0 Å². The summed E-state index contributed by atoms with van der Waals surface area (Å²) in [4.78, 5) is 2.49. The first-order valence-corrected chi connectivity index (χ1v) is 6.95. The van der Waals surface area contributed by atoms with Crippen LogP contribution in [-0.2, 0) is 0 Å². The zero-order valence-corrected chi connectivity index (χ0v) is 11.8. The Morgan fingerprint density at radius 1 is 1.31 bits per heavy atom. The maximum absolute atomic E-state index is 3.52. The molecule has 1 N–H and O–H groups in total. The Kier molecular flexibility index (Phi) is 5.77. The fourth-order valence-electron chi connectivity index (χ4n) is 2.89. The minimum absolute atomic E-state index is 0.666. The van der Waals surface area contributed by atoms with Crippen molar-refractivity contribution < 1.29 is 0 Å². The van der Waals surface area contributed by atoms with Crippen LogP contribution in [0.1, 0.15) is 46.5 Å². The van der Waals surface area contributed by atoms with Crippen LogP contribution in [0.5, 0.6) is 0 Å². The maximum atomic E-state index is 3.52. The molecule has 3 unspecified atom stereocenters. The summed E-state index contributed by atoms with van der Waals surface area (Å²) in [6.07, 6.45) is 5.56. The summed E-state index contributed by atoms with van der Waals surface area (Å²) in [7, 11) is 4.38. The topological polar surface area (TPSA) is 15.3 Å². The molecule has 1 fully saturated rings. The Bertz CT molecular complexity index is 191. The van der Waals surface area contributed by atoms with Crippen LogP contribution < -0.4 is 5.32 Å². The van der Waals surface area contributed by atoms with Crippen LogP contribution in [0.15, 0.2) is 0 Å². The third-order valence-electron chi connectivity index (χ3n) is 4.44. The molecule has 1 aliphatic carbocycles. The molecule has 0 heterocycles. The monoisotopic (exact) mass is 226 g/mol. The average Bonchev–Trinajstić information content (AvgIpc) is 2.28. The molecule has 0 aromatic carbocycles. The van der Waals surface area contributed by atoms with E-state index in [2.05, 4.69) is 45.1 Å². The second kappa shape index (κ2) is 6.61. The van der Waals surface area contributed by atoms with Crippen LogP contribution in [-0.4, -0.2) is 37.6 Å². The van der Waals surface area contributed by atoms with Gasteiger partial charge < -0.3 is 10.2 Å². The second-order valence-corrected chi connectivity index (χ2v) is 5.78. The Morgan fingerprint density at radius 2 is 2.00 bits per heavy atom. The van der Waals surface area contributed by atoms with Gasteiger partial charge in [0, 0.05) is 18.6 Å². The van der Waals surface area contributed by atoms with Crippen molar-refractivity contribution in [3.63, 3.8) is 0 Å². The van der Waals surface area contributed by atoms with Crippen molar-refractivity contribution in [3.05, 3.63) is 0 Å². The van der Waals surface area contributed by atoms with E-state index < -0.39 is 0 Å².